The van der Waals surface area contributed by atoms with E-state index < -0.39 is 0 Å². The molecule has 3 heteroatoms. The standard InChI is InChI=1S/C18H24Si.2ClH/c1-11-7-13(3)17(14(4)8-11)19-18-15(5)9-12(2)10-16(18)6;;/h7-10H,19H2,1-6H3;2*1H. The molecule has 0 saturated carbocycles. The lowest BCUT2D eigenvalue weighted by atomic mass is 10.1. The molecule has 0 spiro atoms. The van der Waals surface area contributed by atoms with Gasteiger partial charge in [-0.15, -0.1) is 24.8 Å². The third-order valence-electron chi connectivity index (χ3n) is 4.03. The summed E-state index contributed by atoms with van der Waals surface area (Å²) in [6.45, 7) is 13.4. The van der Waals surface area contributed by atoms with Crippen LogP contribution in [0.2, 0.25) is 0 Å². The first-order chi connectivity index (χ1) is 8.88. The Bertz CT molecular complexity index is 532. The van der Waals surface area contributed by atoms with Crippen molar-refractivity contribution in [1.82, 2.24) is 0 Å². The van der Waals surface area contributed by atoms with Crippen molar-refractivity contribution in [2.24, 2.45) is 0 Å². The SMILES string of the molecule is Cc1cc(C)c([SiH2]c2c(C)cc(C)cc2C)c(C)c1.Cl.Cl. The number of aryl methyl sites for hydroxylation is 6. The predicted molar refractivity (Wildman–Crippen MR) is 104 cm³/mol. The topological polar surface area (TPSA) is 0 Å². The first-order valence-corrected chi connectivity index (χ1v) is 8.43. The molecule has 0 saturated heterocycles. The Morgan fingerprint density at radius 3 is 1.00 bits per heavy atom. The van der Waals surface area contributed by atoms with Crippen LogP contribution < -0.4 is 10.4 Å². The van der Waals surface area contributed by atoms with E-state index in [0.717, 1.165) is 0 Å². The average molecular weight is 341 g/mol. The predicted octanol–water partition coefficient (Wildman–Crippen LogP) is 3.50. The van der Waals surface area contributed by atoms with Crippen LogP contribution in [0.25, 0.3) is 0 Å². The Balaban J connectivity index is 0.00000200. The van der Waals surface area contributed by atoms with Crippen LogP contribution in [0.15, 0.2) is 24.3 Å². The van der Waals surface area contributed by atoms with Crippen LogP contribution in [0.4, 0.5) is 0 Å². The second-order valence-electron chi connectivity index (χ2n) is 5.93. The number of hydrogen-bond donors (Lipinski definition) is 0. The number of rotatable bonds is 2. The second-order valence-corrected chi connectivity index (χ2v) is 7.70. The van der Waals surface area contributed by atoms with Crippen LogP contribution in [0.5, 0.6) is 0 Å². The van der Waals surface area contributed by atoms with Gasteiger partial charge in [0, 0.05) is 0 Å². The number of halogens is 2. The molecular weight excluding hydrogens is 315 g/mol. The van der Waals surface area contributed by atoms with Gasteiger partial charge < -0.3 is 0 Å². The summed E-state index contributed by atoms with van der Waals surface area (Å²) in [7, 11) is -0.382. The van der Waals surface area contributed by atoms with E-state index >= 15 is 0 Å². The molecule has 21 heavy (non-hydrogen) atoms. The second kappa shape index (κ2) is 8.02. The Kier molecular flexibility index (Phi) is 7.73. The maximum Gasteiger partial charge on any atom is 0.0888 e. The first-order valence-electron chi connectivity index (χ1n) is 7.02. The number of benzene rings is 2. The summed E-state index contributed by atoms with van der Waals surface area (Å²) >= 11 is 0. The largest absolute Gasteiger partial charge is 0.147 e. The van der Waals surface area contributed by atoms with E-state index in [1.807, 2.05) is 0 Å². The average Bonchev–Trinajstić information content (AvgIpc) is 2.25. The lowest BCUT2D eigenvalue weighted by molar-refractivity contribution is 1.34. The molecule has 0 fully saturated rings. The van der Waals surface area contributed by atoms with Gasteiger partial charge in [-0.2, -0.15) is 0 Å². The zero-order valence-corrected chi connectivity index (χ0v) is 16.9. The molecule has 0 bridgehead atoms. The smallest absolute Gasteiger partial charge is 0.0888 e. The molecule has 0 aliphatic rings. The van der Waals surface area contributed by atoms with Gasteiger partial charge in [0.25, 0.3) is 0 Å². The molecule has 0 nitrogen and oxygen atoms in total. The summed E-state index contributed by atoms with van der Waals surface area (Å²) in [4.78, 5) is 0. The van der Waals surface area contributed by atoms with E-state index in [-0.39, 0.29) is 34.3 Å². The Morgan fingerprint density at radius 1 is 0.524 bits per heavy atom. The van der Waals surface area contributed by atoms with Crippen molar-refractivity contribution in [3.8, 4) is 0 Å². The van der Waals surface area contributed by atoms with Gasteiger partial charge in [0.15, 0.2) is 0 Å². The molecule has 0 N–H and O–H groups in total. The fourth-order valence-electron chi connectivity index (χ4n) is 3.15. The van der Waals surface area contributed by atoms with E-state index in [1.165, 1.54) is 33.4 Å². The van der Waals surface area contributed by atoms with Gasteiger partial charge in [-0.05, 0) is 41.5 Å². The number of hydrogen-bond acceptors (Lipinski definition) is 0. The molecule has 116 valence electrons. The fourth-order valence-corrected chi connectivity index (χ4v) is 5.03. The van der Waals surface area contributed by atoms with Gasteiger partial charge in [-0.1, -0.05) is 68.0 Å². The summed E-state index contributed by atoms with van der Waals surface area (Å²) < 4.78 is 0. The van der Waals surface area contributed by atoms with Crippen molar-refractivity contribution in [3.63, 3.8) is 0 Å². The molecule has 0 atom stereocenters. The highest BCUT2D eigenvalue weighted by molar-refractivity contribution is 6.69. The molecule has 0 aliphatic heterocycles. The monoisotopic (exact) mass is 340 g/mol. The first kappa shape index (κ1) is 20.2. The molecular formula is C18H26Cl2Si. The van der Waals surface area contributed by atoms with Crippen LogP contribution >= 0.6 is 24.8 Å². The van der Waals surface area contributed by atoms with Crippen LogP contribution in [-0.4, -0.2) is 9.52 Å². The summed E-state index contributed by atoms with van der Waals surface area (Å²) in [5.74, 6) is 0. The highest BCUT2D eigenvalue weighted by atomic mass is 35.5. The van der Waals surface area contributed by atoms with E-state index in [0.29, 0.717) is 0 Å². The lowest BCUT2D eigenvalue weighted by Gasteiger charge is -2.15. The normalized spacial score (nSPS) is 9.81. The maximum absolute atomic E-state index is 2.33. The molecule has 0 aliphatic carbocycles. The van der Waals surface area contributed by atoms with Gasteiger partial charge in [-0.3, -0.25) is 0 Å². The zero-order valence-electron chi connectivity index (χ0n) is 13.8. The quantitative estimate of drug-likeness (QED) is 0.734. The minimum atomic E-state index is -0.382. The summed E-state index contributed by atoms with van der Waals surface area (Å²) in [6, 6.07) is 9.31. The van der Waals surface area contributed by atoms with Crippen molar-refractivity contribution in [1.29, 1.82) is 0 Å². The molecule has 0 heterocycles. The molecule has 2 aromatic carbocycles. The molecule has 2 rings (SSSR count). The van der Waals surface area contributed by atoms with E-state index in [1.54, 1.807) is 10.4 Å². The van der Waals surface area contributed by atoms with Gasteiger partial charge in [0.2, 0.25) is 0 Å². The minimum absolute atomic E-state index is 0. The van der Waals surface area contributed by atoms with Gasteiger partial charge >= 0.3 is 0 Å². The van der Waals surface area contributed by atoms with Crippen molar-refractivity contribution < 1.29 is 0 Å². The van der Waals surface area contributed by atoms with Crippen LogP contribution in [-0.2, 0) is 0 Å². The van der Waals surface area contributed by atoms with Crippen molar-refractivity contribution in [2.45, 2.75) is 41.5 Å². The molecule has 0 radical (unpaired) electrons. The third kappa shape index (κ3) is 4.60. The van der Waals surface area contributed by atoms with E-state index in [9.17, 15) is 0 Å². The highest BCUT2D eigenvalue weighted by Crippen LogP contribution is 2.08. The molecule has 0 aromatic heterocycles. The molecule has 0 amide bonds. The lowest BCUT2D eigenvalue weighted by Crippen LogP contribution is -2.34. The van der Waals surface area contributed by atoms with Crippen molar-refractivity contribution in [2.75, 3.05) is 0 Å². The zero-order chi connectivity index (χ0) is 14.2. The van der Waals surface area contributed by atoms with Gasteiger partial charge in [0.05, 0.1) is 9.52 Å². The van der Waals surface area contributed by atoms with Gasteiger partial charge in [0.1, 0.15) is 0 Å². The van der Waals surface area contributed by atoms with E-state index in [4.69, 9.17) is 0 Å². The summed E-state index contributed by atoms with van der Waals surface area (Å²) in [5, 5.41) is 3.25. The van der Waals surface area contributed by atoms with Crippen LogP contribution in [0, 0.1) is 41.5 Å². The van der Waals surface area contributed by atoms with Crippen LogP contribution in [0.1, 0.15) is 33.4 Å². The highest BCUT2D eigenvalue weighted by Gasteiger charge is 2.10. The minimum Gasteiger partial charge on any atom is -0.147 e. The molecule has 0 unspecified atom stereocenters. The summed E-state index contributed by atoms with van der Waals surface area (Å²) in [5.41, 5.74) is 8.66. The Hall–Kier alpha value is -0.763. The van der Waals surface area contributed by atoms with E-state index in [2.05, 4.69) is 65.8 Å². The van der Waals surface area contributed by atoms with Gasteiger partial charge in [-0.25, -0.2) is 0 Å². The third-order valence-corrected chi connectivity index (χ3v) is 6.97. The fraction of sp³-hybridized carbons (Fsp3) is 0.333. The van der Waals surface area contributed by atoms with Crippen molar-refractivity contribution in [3.05, 3.63) is 57.6 Å². The van der Waals surface area contributed by atoms with Crippen LogP contribution in [0.3, 0.4) is 0 Å². The molecule has 2 aromatic rings. The Labute approximate surface area is 144 Å². The summed E-state index contributed by atoms with van der Waals surface area (Å²) in [6.07, 6.45) is 0. The Morgan fingerprint density at radius 2 is 0.762 bits per heavy atom. The van der Waals surface area contributed by atoms with Crippen molar-refractivity contribution >= 4 is 44.7 Å². The maximum atomic E-state index is 2.33.